The van der Waals surface area contributed by atoms with E-state index in [4.69, 9.17) is 5.26 Å². The van der Waals surface area contributed by atoms with Gasteiger partial charge in [0.25, 0.3) is 5.78 Å². The Morgan fingerprint density at radius 3 is 2.38 bits per heavy atom. The van der Waals surface area contributed by atoms with Crippen molar-refractivity contribution < 1.29 is 4.79 Å². The maximum absolute atomic E-state index is 10.3. The monoisotopic (exact) mass is 109 g/mol. The number of nitrogens with zero attached hydrogens (tertiary/aromatic N) is 1. The van der Waals surface area contributed by atoms with Crippen LogP contribution in [0.5, 0.6) is 0 Å². The van der Waals surface area contributed by atoms with E-state index in [1.807, 2.05) is 0 Å². The van der Waals surface area contributed by atoms with Crippen molar-refractivity contribution in [3.63, 3.8) is 0 Å². The first kappa shape index (κ1) is 6.90. The van der Waals surface area contributed by atoms with Gasteiger partial charge in [-0.3, -0.25) is 4.79 Å². The van der Waals surface area contributed by atoms with E-state index in [9.17, 15) is 4.79 Å². The summed E-state index contributed by atoms with van der Waals surface area (Å²) in [6.45, 7) is 3.34. The SMILES string of the molecule is C/C=C(\C)C(=O)C#N. The fourth-order valence-corrected chi connectivity index (χ4v) is 0.219. The van der Waals surface area contributed by atoms with E-state index in [0.29, 0.717) is 5.57 Å². The largest absolute Gasteiger partial charge is 0.277 e. The van der Waals surface area contributed by atoms with Crippen LogP contribution in [-0.2, 0) is 4.79 Å². The number of allylic oxidation sites excluding steroid dienone is 2. The topological polar surface area (TPSA) is 40.9 Å². The van der Waals surface area contributed by atoms with Gasteiger partial charge in [-0.1, -0.05) is 6.08 Å². The number of nitriles is 1. The Morgan fingerprint density at radius 1 is 1.75 bits per heavy atom. The third kappa shape index (κ3) is 1.57. The standard InChI is InChI=1S/C6H7NO/c1-3-5(2)6(8)4-7/h3H,1-2H3/b5-3+. The summed E-state index contributed by atoms with van der Waals surface area (Å²) in [5.41, 5.74) is 0.507. The summed E-state index contributed by atoms with van der Waals surface area (Å²) >= 11 is 0. The van der Waals surface area contributed by atoms with E-state index in [-0.39, 0.29) is 0 Å². The van der Waals surface area contributed by atoms with Crippen molar-refractivity contribution in [3.8, 4) is 6.07 Å². The Morgan fingerprint density at radius 2 is 2.25 bits per heavy atom. The van der Waals surface area contributed by atoms with Gasteiger partial charge in [-0.2, -0.15) is 5.26 Å². The van der Waals surface area contributed by atoms with Crippen LogP contribution in [0, 0.1) is 11.3 Å². The number of carbonyl (C=O) groups is 1. The number of hydrogen-bond acceptors (Lipinski definition) is 2. The highest BCUT2D eigenvalue weighted by molar-refractivity contribution is 6.06. The molecule has 0 heterocycles. The molecule has 0 aromatic heterocycles. The van der Waals surface area contributed by atoms with E-state index in [2.05, 4.69) is 0 Å². The molecule has 0 saturated heterocycles. The molecular formula is C6H7NO. The molecule has 0 amide bonds. The van der Waals surface area contributed by atoms with Gasteiger partial charge < -0.3 is 0 Å². The molecule has 42 valence electrons. The lowest BCUT2D eigenvalue weighted by Crippen LogP contribution is -1.92. The average Bonchev–Trinajstić information content (AvgIpc) is 1.84. The lowest BCUT2D eigenvalue weighted by Gasteiger charge is -1.82. The van der Waals surface area contributed by atoms with E-state index in [0.717, 1.165) is 0 Å². The Bertz CT molecular complexity index is 162. The average molecular weight is 109 g/mol. The zero-order chi connectivity index (χ0) is 6.57. The van der Waals surface area contributed by atoms with E-state index in [1.54, 1.807) is 19.9 Å². The predicted molar refractivity (Wildman–Crippen MR) is 30.1 cm³/mol. The van der Waals surface area contributed by atoms with Crippen LogP contribution in [0.2, 0.25) is 0 Å². The van der Waals surface area contributed by atoms with Gasteiger partial charge in [0.05, 0.1) is 0 Å². The van der Waals surface area contributed by atoms with Crippen LogP contribution in [0.1, 0.15) is 13.8 Å². The van der Waals surface area contributed by atoms with Crippen molar-refractivity contribution in [2.45, 2.75) is 13.8 Å². The summed E-state index contributed by atoms with van der Waals surface area (Å²) in [6.07, 6.45) is 1.62. The van der Waals surface area contributed by atoms with Gasteiger partial charge in [0.15, 0.2) is 0 Å². The van der Waals surface area contributed by atoms with Crippen molar-refractivity contribution in [3.05, 3.63) is 11.6 Å². The van der Waals surface area contributed by atoms with Gasteiger partial charge in [-0.05, 0) is 13.8 Å². The summed E-state index contributed by atoms with van der Waals surface area (Å²) < 4.78 is 0. The number of Topliss-reactive ketones (excluding diaryl/α,β-unsaturated/α-hetero) is 1. The minimum absolute atomic E-state index is 0.451. The molecule has 0 radical (unpaired) electrons. The van der Waals surface area contributed by atoms with Crippen molar-refractivity contribution >= 4 is 5.78 Å². The second kappa shape index (κ2) is 2.98. The van der Waals surface area contributed by atoms with E-state index < -0.39 is 5.78 Å². The molecule has 0 aromatic carbocycles. The van der Waals surface area contributed by atoms with Crippen LogP contribution in [0.3, 0.4) is 0 Å². The Kier molecular flexibility index (Phi) is 2.57. The van der Waals surface area contributed by atoms with Gasteiger partial charge in [0, 0.05) is 5.57 Å². The first-order valence-electron chi connectivity index (χ1n) is 2.29. The molecule has 0 fully saturated rings. The fourth-order valence-electron chi connectivity index (χ4n) is 0.219. The third-order valence-corrected chi connectivity index (χ3v) is 0.893. The zero-order valence-corrected chi connectivity index (χ0v) is 4.93. The number of hydrogen-bond donors (Lipinski definition) is 0. The molecule has 0 N–H and O–H groups in total. The van der Waals surface area contributed by atoms with E-state index >= 15 is 0 Å². The number of rotatable bonds is 1. The van der Waals surface area contributed by atoms with Crippen molar-refractivity contribution in [2.24, 2.45) is 0 Å². The second-order valence-electron chi connectivity index (χ2n) is 1.41. The van der Waals surface area contributed by atoms with Crippen LogP contribution in [-0.4, -0.2) is 5.78 Å². The molecule has 0 aliphatic carbocycles. The van der Waals surface area contributed by atoms with Gasteiger partial charge in [-0.25, -0.2) is 0 Å². The summed E-state index contributed by atoms with van der Waals surface area (Å²) in [5.74, 6) is -0.451. The molecule has 8 heavy (non-hydrogen) atoms. The molecule has 2 heteroatoms. The summed E-state index contributed by atoms with van der Waals surface area (Å²) in [5, 5.41) is 8.00. The molecule has 2 nitrogen and oxygen atoms in total. The number of carbonyl (C=O) groups excluding carboxylic acids is 1. The smallest absolute Gasteiger partial charge is 0.257 e. The normalized spacial score (nSPS) is 10.4. The maximum atomic E-state index is 10.3. The van der Waals surface area contributed by atoms with Gasteiger partial charge in [-0.15, -0.1) is 0 Å². The van der Waals surface area contributed by atoms with Crippen LogP contribution in [0.15, 0.2) is 11.6 Å². The quantitative estimate of drug-likeness (QED) is 0.373. The zero-order valence-electron chi connectivity index (χ0n) is 4.93. The van der Waals surface area contributed by atoms with Crippen molar-refractivity contribution in [1.82, 2.24) is 0 Å². The molecule has 0 atom stereocenters. The van der Waals surface area contributed by atoms with Crippen molar-refractivity contribution in [1.29, 1.82) is 5.26 Å². The van der Waals surface area contributed by atoms with Crippen LogP contribution in [0.4, 0.5) is 0 Å². The minimum atomic E-state index is -0.451. The minimum Gasteiger partial charge on any atom is -0.277 e. The highest BCUT2D eigenvalue weighted by Gasteiger charge is 1.97. The summed E-state index contributed by atoms with van der Waals surface area (Å²) in [6, 6.07) is 1.51. The molecule has 0 rings (SSSR count). The van der Waals surface area contributed by atoms with Gasteiger partial charge in [0.1, 0.15) is 6.07 Å². The fraction of sp³-hybridized carbons (Fsp3) is 0.333. The van der Waals surface area contributed by atoms with Crippen LogP contribution in [0.25, 0.3) is 0 Å². The predicted octanol–water partition coefficient (Wildman–Crippen LogP) is 1.05. The molecule has 0 spiro atoms. The molecular weight excluding hydrogens is 102 g/mol. The lowest BCUT2D eigenvalue weighted by molar-refractivity contribution is -0.110. The highest BCUT2D eigenvalue weighted by Crippen LogP contribution is 1.90. The van der Waals surface area contributed by atoms with Crippen LogP contribution < -0.4 is 0 Å². The second-order valence-corrected chi connectivity index (χ2v) is 1.41. The lowest BCUT2D eigenvalue weighted by atomic mass is 10.2. The molecule has 0 saturated carbocycles. The number of ketones is 1. The molecule has 0 aromatic rings. The van der Waals surface area contributed by atoms with Gasteiger partial charge in [0.2, 0.25) is 0 Å². The molecule has 0 unspecified atom stereocenters. The van der Waals surface area contributed by atoms with E-state index in [1.165, 1.54) is 6.07 Å². The molecule has 0 bridgehead atoms. The first-order valence-corrected chi connectivity index (χ1v) is 2.29. The van der Waals surface area contributed by atoms with Gasteiger partial charge >= 0.3 is 0 Å². The van der Waals surface area contributed by atoms with Crippen molar-refractivity contribution in [2.75, 3.05) is 0 Å². The maximum Gasteiger partial charge on any atom is 0.257 e. The third-order valence-electron chi connectivity index (χ3n) is 0.893. The molecule has 0 aliphatic heterocycles. The summed E-state index contributed by atoms with van der Waals surface area (Å²) in [4.78, 5) is 10.3. The highest BCUT2D eigenvalue weighted by atomic mass is 16.1. The van der Waals surface area contributed by atoms with Crippen LogP contribution >= 0.6 is 0 Å². The Labute approximate surface area is 48.4 Å². The Hall–Kier alpha value is -1.10. The summed E-state index contributed by atoms with van der Waals surface area (Å²) in [7, 11) is 0. The first-order chi connectivity index (χ1) is 3.72. The Balaban J connectivity index is 4.10. The molecule has 0 aliphatic rings.